The first-order chi connectivity index (χ1) is 13.8. The molecule has 0 aliphatic carbocycles. The lowest BCUT2D eigenvalue weighted by Gasteiger charge is -2.17. The van der Waals surface area contributed by atoms with Crippen LogP contribution in [-0.2, 0) is 6.54 Å². The van der Waals surface area contributed by atoms with Crippen molar-refractivity contribution >= 4 is 31.5 Å². The number of carbonyl (C=O) groups is 1. The topological polar surface area (TPSA) is 91.9 Å². The van der Waals surface area contributed by atoms with E-state index in [1.165, 1.54) is 5.70 Å². The van der Waals surface area contributed by atoms with E-state index >= 15 is 0 Å². The second kappa shape index (κ2) is 8.65. The Hall–Kier alpha value is -2.87. The number of ether oxygens (including phenoxy) is 1. The third-order valence-corrected chi connectivity index (χ3v) is 7.08. The Morgan fingerprint density at radius 1 is 1.21 bits per heavy atom. The van der Waals surface area contributed by atoms with Gasteiger partial charge in [0.2, 0.25) is 0 Å². The van der Waals surface area contributed by atoms with Crippen molar-refractivity contribution < 1.29 is 23.5 Å². The van der Waals surface area contributed by atoms with Gasteiger partial charge in [-0.15, -0.1) is 0 Å². The molecule has 152 valence electrons. The molecule has 1 aromatic heterocycles. The van der Waals surface area contributed by atoms with Gasteiger partial charge in [0.1, 0.15) is 11.3 Å². The number of amides is 1. The third-order valence-electron chi connectivity index (χ3n) is 4.72. The maximum Gasteiger partial charge on any atom is 0.362 e. The van der Waals surface area contributed by atoms with E-state index in [2.05, 4.69) is 5.32 Å². The van der Waals surface area contributed by atoms with Crippen molar-refractivity contribution in [1.82, 2.24) is 5.32 Å². The molecule has 3 N–H and O–H groups in total. The van der Waals surface area contributed by atoms with Crippen LogP contribution >= 0.6 is 0 Å². The smallest absolute Gasteiger partial charge is 0.362 e. The fourth-order valence-corrected chi connectivity index (χ4v) is 3.57. The van der Waals surface area contributed by atoms with Crippen molar-refractivity contribution in [3.63, 3.8) is 0 Å². The fraction of sp³-hybridized carbons (Fsp3) is 0.227. The second-order valence-electron chi connectivity index (χ2n) is 7.21. The van der Waals surface area contributed by atoms with Crippen LogP contribution in [0.1, 0.15) is 35.5 Å². The molecule has 0 bridgehead atoms. The van der Waals surface area contributed by atoms with Gasteiger partial charge in [-0.25, -0.2) is 0 Å². The molecule has 6 nitrogen and oxygen atoms in total. The summed E-state index contributed by atoms with van der Waals surface area (Å²) in [4.78, 5) is 32.5. The number of nitrogens with one attached hydrogen (secondary N) is 1. The van der Waals surface area contributed by atoms with Crippen molar-refractivity contribution in [2.75, 3.05) is 7.11 Å². The summed E-state index contributed by atoms with van der Waals surface area (Å²) in [6, 6.07) is 14.6. The quantitative estimate of drug-likeness (QED) is 0.515. The van der Waals surface area contributed by atoms with Crippen molar-refractivity contribution in [3.05, 3.63) is 71.1 Å². The average molecular weight is 412 g/mol. The highest BCUT2D eigenvalue weighted by molar-refractivity contribution is 6.72. The molecule has 1 amide bonds. The van der Waals surface area contributed by atoms with Gasteiger partial charge in [-0.2, -0.15) is 0 Å². The highest BCUT2D eigenvalue weighted by Crippen LogP contribution is 2.24. The van der Waals surface area contributed by atoms with E-state index in [1.807, 2.05) is 30.3 Å². The summed E-state index contributed by atoms with van der Waals surface area (Å²) >= 11 is 0. The number of hydrogen-bond acceptors (Lipinski definition) is 5. The van der Waals surface area contributed by atoms with Gasteiger partial charge in [-0.1, -0.05) is 44.2 Å². The van der Waals surface area contributed by atoms with E-state index in [-0.39, 0.29) is 17.2 Å². The van der Waals surface area contributed by atoms with Crippen LogP contribution in [-0.4, -0.2) is 31.2 Å². The Morgan fingerprint density at radius 2 is 2.00 bits per heavy atom. The fourth-order valence-electron chi connectivity index (χ4n) is 2.75. The van der Waals surface area contributed by atoms with E-state index in [1.54, 1.807) is 45.2 Å². The molecule has 1 heterocycles. The first kappa shape index (κ1) is 20.9. The first-order valence-electron chi connectivity index (χ1n) is 9.37. The van der Waals surface area contributed by atoms with E-state index in [4.69, 9.17) is 9.15 Å². The van der Waals surface area contributed by atoms with Gasteiger partial charge in [0.25, 0.3) is 5.91 Å². The summed E-state index contributed by atoms with van der Waals surface area (Å²) in [5, 5.41) is 3.64. The van der Waals surface area contributed by atoms with Crippen molar-refractivity contribution in [1.29, 1.82) is 0 Å². The number of furan rings is 1. The molecule has 29 heavy (non-hydrogen) atoms. The predicted molar refractivity (Wildman–Crippen MR) is 115 cm³/mol. The lowest BCUT2D eigenvalue weighted by molar-refractivity contribution is 0.0925. The summed E-state index contributed by atoms with van der Waals surface area (Å²) in [5.41, 5.74) is 3.66. The molecule has 0 spiro atoms. The minimum Gasteiger partial charge on any atom is -0.497 e. The molecule has 0 atom stereocenters. The Kier molecular flexibility index (Phi) is 6.22. The van der Waals surface area contributed by atoms with Crippen molar-refractivity contribution in [2.45, 2.75) is 25.9 Å². The van der Waals surface area contributed by atoms with Gasteiger partial charge in [0.05, 0.1) is 7.11 Å². The number of benzene rings is 2. The van der Waals surface area contributed by atoms with Crippen LogP contribution in [0.5, 0.6) is 5.75 Å². The second-order valence-corrected chi connectivity index (χ2v) is 10.3. The summed E-state index contributed by atoms with van der Waals surface area (Å²) in [7, 11) is -1.77. The molecule has 3 rings (SSSR count). The lowest BCUT2D eigenvalue weighted by atomic mass is 10.1. The summed E-state index contributed by atoms with van der Waals surface area (Å²) in [6.07, 6.45) is 1.71. The number of fused-ring (bicyclic) bond motifs is 1. The lowest BCUT2D eigenvalue weighted by Crippen LogP contribution is -2.35. The van der Waals surface area contributed by atoms with Crippen LogP contribution in [0.2, 0.25) is 5.54 Å². The molecule has 0 fully saturated rings. The normalized spacial score (nSPS) is 12.1. The number of methoxy groups -OCH3 is 1. The summed E-state index contributed by atoms with van der Waals surface area (Å²) in [6.45, 7) is 3.90. The molecular weight excluding hydrogens is 386 g/mol. The zero-order valence-electron chi connectivity index (χ0n) is 16.7. The molecule has 0 radical (unpaired) electrons. The zero-order chi connectivity index (χ0) is 21.0. The van der Waals surface area contributed by atoms with E-state index in [9.17, 15) is 14.4 Å². The Morgan fingerprint density at radius 3 is 2.72 bits per heavy atom. The zero-order valence-corrected chi connectivity index (χ0v) is 17.7. The molecule has 0 unspecified atom stereocenters. The molecule has 0 aliphatic rings. The van der Waals surface area contributed by atoms with Gasteiger partial charge in [0, 0.05) is 17.5 Å². The van der Waals surface area contributed by atoms with Gasteiger partial charge < -0.3 is 24.1 Å². The largest absolute Gasteiger partial charge is 0.497 e. The van der Waals surface area contributed by atoms with Crippen molar-refractivity contribution in [3.8, 4) is 5.75 Å². The highest BCUT2D eigenvalue weighted by atomic mass is 28.4. The molecule has 3 aromatic rings. The van der Waals surface area contributed by atoms with Gasteiger partial charge >= 0.3 is 8.56 Å². The molecule has 0 aliphatic heterocycles. The minimum atomic E-state index is -3.36. The Balaban J connectivity index is 1.67. The molecule has 2 aromatic carbocycles. The number of carbonyl (C=O) groups excluding carboxylic acids is 1. The molecule has 7 heteroatoms. The average Bonchev–Trinajstić information content (AvgIpc) is 3.14. The van der Waals surface area contributed by atoms with E-state index < -0.39 is 8.56 Å². The van der Waals surface area contributed by atoms with Crippen LogP contribution in [0.4, 0.5) is 0 Å². The van der Waals surface area contributed by atoms with Crippen LogP contribution in [0.3, 0.4) is 0 Å². The Labute approximate surface area is 170 Å². The maximum atomic E-state index is 12.4. The molecule has 0 saturated heterocycles. The van der Waals surface area contributed by atoms with Crippen molar-refractivity contribution in [2.24, 2.45) is 0 Å². The molecule has 0 saturated carbocycles. The van der Waals surface area contributed by atoms with Crippen LogP contribution in [0.15, 0.2) is 58.6 Å². The monoisotopic (exact) mass is 411 g/mol. The van der Waals surface area contributed by atoms with Gasteiger partial charge in [0.15, 0.2) is 5.76 Å². The Bertz CT molecular complexity index is 1040. The van der Waals surface area contributed by atoms with Gasteiger partial charge in [-0.3, -0.25) is 4.79 Å². The van der Waals surface area contributed by atoms with Gasteiger partial charge in [-0.05, 0) is 41.1 Å². The summed E-state index contributed by atoms with van der Waals surface area (Å²) in [5.74, 6) is 0.626. The van der Waals surface area contributed by atoms with E-state index in [0.29, 0.717) is 17.9 Å². The highest BCUT2D eigenvalue weighted by Gasteiger charge is 2.29. The summed E-state index contributed by atoms with van der Waals surface area (Å²) < 4.78 is 10.8. The predicted octanol–water partition coefficient (Wildman–Crippen LogP) is 3.76. The maximum absolute atomic E-state index is 12.4. The van der Waals surface area contributed by atoms with E-state index in [0.717, 1.165) is 16.5 Å². The van der Waals surface area contributed by atoms with Crippen LogP contribution < -0.4 is 10.1 Å². The number of rotatable bonds is 7. The third kappa shape index (κ3) is 5.14. The molecular formula is C22H25NO5Si. The minimum absolute atomic E-state index is 0.190. The number of hydrogen-bond donors (Lipinski definition) is 3. The first-order valence-corrected chi connectivity index (χ1v) is 11.4. The SMILES string of the molecule is COc1ccc2oc(C(=O)NCc3cccc(C=C[Si](O)(O)C(C)C)c3)cc2c1. The standard InChI is InChI=1S/C22H25NO5Si/c1-15(2)29(25,26)10-9-16-5-4-6-17(11-16)14-23-22(24)21-13-18-12-19(27-3)7-8-20(18)28-21/h4-13,15,25-26H,14H2,1-3H3,(H,23,24). The van der Waals surface area contributed by atoms with Crippen LogP contribution in [0, 0.1) is 0 Å². The van der Waals surface area contributed by atoms with Crippen LogP contribution in [0.25, 0.3) is 17.0 Å².